The number of para-hydroxylation sites is 2. The summed E-state index contributed by atoms with van der Waals surface area (Å²) < 4.78 is 7.44. The second-order valence-corrected chi connectivity index (χ2v) is 8.89. The van der Waals surface area contributed by atoms with Gasteiger partial charge in [-0.2, -0.15) is 0 Å². The second kappa shape index (κ2) is 9.66. The molecule has 1 atom stereocenters. The molecule has 162 valence electrons. The van der Waals surface area contributed by atoms with Gasteiger partial charge in [0.15, 0.2) is 5.16 Å². The minimum atomic E-state index is -0.0835. The minimum absolute atomic E-state index is 0.00666. The summed E-state index contributed by atoms with van der Waals surface area (Å²) in [5.74, 6) is 0.181. The van der Waals surface area contributed by atoms with E-state index in [0.29, 0.717) is 22.6 Å². The number of thioether (sulfide) groups is 1. The number of fused-ring (bicyclic) bond motifs is 1. The Bertz CT molecular complexity index is 1110. The third kappa shape index (κ3) is 4.83. The highest BCUT2D eigenvalue weighted by molar-refractivity contribution is 7.99. The molecule has 1 unspecified atom stereocenters. The summed E-state index contributed by atoms with van der Waals surface area (Å²) in [5, 5.41) is 1.15. The smallest absolute Gasteiger partial charge is 0.262 e. The Morgan fingerprint density at radius 3 is 2.65 bits per heavy atom. The molecule has 31 heavy (non-hydrogen) atoms. The maximum Gasteiger partial charge on any atom is 0.262 e. The van der Waals surface area contributed by atoms with Crippen molar-refractivity contribution in [2.75, 3.05) is 17.3 Å². The molecule has 1 aliphatic rings. The van der Waals surface area contributed by atoms with Crippen LogP contribution in [-0.2, 0) is 16.1 Å². The molecule has 0 bridgehead atoms. The van der Waals surface area contributed by atoms with Crippen LogP contribution in [0.25, 0.3) is 10.9 Å². The van der Waals surface area contributed by atoms with Gasteiger partial charge in [0.05, 0.1) is 29.3 Å². The molecule has 0 N–H and O–H groups in total. The van der Waals surface area contributed by atoms with E-state index in [9.17, 15) is 9.59 Å². The first-order valence-electron chi connectivity index (χ1n) is 10.7. The molecule has 6 nitrogen and oxygen atoms in total. The number of hydrogen-bond donors (Lipinski definition) is 0. The number of anilines is 1. The maximum atomic E-state index is 13.2. The highest BCUT2D eigenvalue weighted by Crippen LogP contribution is 2.23. The second-order valence-electron chi connectivity index (χ2n) is 7.94. The Morgan fingerprint density at radius 2 is 1.94 bits per heavy atom. The first-order valence-corrected chi connectivity index (χ1v) is 11.6. The van der Waals surface area contributed by atoms with Crippen molar-refractivity contribution < 1.29 is 9.53 Å². The monoisotopic (exact) mass is 437 g/mol. The molecule has 1 amide bonds. The van der Waals surface area contributed by atoms with Gasteiger partial charge in [-0.25, -0.2) is 4.98 Å². The van der Waals surface area contributed by atoms with Gasteiger partial charge >= 0.3 is 0 Å². The molecule has 2 heterocycles. The Balaban J connectivity index is 1.62. The number of hydrogen-bond acceptors (Lipinski definition) is 5. The van der Waals surface area contributed by atoms with E-state index in [1.807, 2.05) is 62.4 Å². The van der Waals surface area contributed by atoms with E-state index in [1.54, 1.807) is 15.5 Å². The zero-order chi connectivity index (χ0) is 21.8. The molecule has 1 aromatic heterocycles. The predicted octanol–water partition coefficient (Wildman–Crippen LogP) is 4.11. The number of nitrogens with zero attached hydrogens (tertiary/aromatic N) is 3. The quantitative estimate of drug-likeness (QED) is 0.411. The topological polar surface area (TPSA) is 64.4 Å². The van der Waals surface area contributed by atoms with E-state index < -0.39 is 0 Å². The lowest BCUT2D eigenvalue weighted by atomic mass is 10.2. The summed E-state index contributed by atoms with van der Waals surface area (Å²) in [6, 6.07) is 17.0. The van der Waals surface area contributed by atoms with Gasteiger partial charge in [-0.1, -0.05) is 42.1 Å². The minimum Gasteiger partial charge on any atom is -0.376 e. The third-order valence-corrected chi connectivity index (χ3v) is 6.34. The van der Waals surface area contributed by atoms with Crippen molar-refractivity contribution in [3.05, 3.63) is 65.0 Å². The van der Waals surface area contributed by atoms with Gasteiger partial charge in [-0.3, -0.25) is 14.2 Å². The van der Waals surface area contributed by atoms with Gasteiger partial charge in [0.1, 0.15) is 0 Å². The summed E-state index contributed by atoms with van der Waals surface area (Å²) in [6.45, 7) is 5.18. The average molecular weight is 438 g/mol. The maximum absolute atomic E-state index is 13.2. The summed E-state index contributed by atoms with van der Waals surface area (Å²) in [6.07, 6.45) is 1.94. The number of amides is 1. The average Bonchev–Trinajstić information content (AvgIpc) is 3.28. The fourth-order valence-corrected chi connectivity index (χ4v) is 4.79. The first kappa shape index (κ1) is 21.6. The number of aromatic nitrogens is 2. The third-order valence-electron chi connectivity index (χ3n) is 5.38. The van der Waals surface area contributed by atoms with Crippen LogP contribution in [0.2, 0.25) is 0 Å². The van der Waals surface area contributed by atoms with Crippen LogP contribution in [0, 0.1) is 0 Å². The number of rotatable bonds is 7. The van der Waals surface area contributed by atoms with E-state index in [1.165, 1.54) is 11.8 Å². The number of carbonyl (C=O) groups is 1. The molecule has 0 aliphatic carbocycles. The fourth-order valence-electron chi connectivity index (χ4n) is 3.93. The molecule has 4 rings (SSSR count). The van der Waals surface area contributed by atoms with E-state index in [2.05, 4.69) is 0 Å². The van der Waals surface area contributed by atoms with Crippen molar-refractivity contribution in [3.8, 4) is 0 Å². The van der Waals surface area contributed by atoms with Crippen LogP contribution in [0.15, 0.2) is 64.5 Å². The molecule has 0 spiro atoms. The summed E-state index contributed by atoms with van der Waals surface area (Å²) in [5.41, 5.74) is 1.43. The Labute approximate surface area is 186 Å². The lowest BCUT2D eigenvalue weighted by molar-refractivity contribution is -0.116. The number of ether oxygens (including phenoxy) is 1. The molecule has 0 saturated carbocycles. The number of benzene rings is 2. The zero-order valence-electron chi connectivity index (χ0n) is 17.9. The predicted molar refractivity (Wildman–Crippen MR) is 125 cm³/mol. The van der Waals surface area contributed by atoms with Gasteiger partial charge in [-0.05, 0) is 51.0 Å². The van der Waals surface area contributed by atoms with Crippen molar-refractivity contribution in [2.24, 2.45) is 0 Å². The normalized spacial score (nSPS) is 16.2. The molecule has 1 aliphatic heterocycles. The van der Waals surface area contributed by atoms with Gasteiger partial charge in [0.2, 0.25) is 5.91 Å². The van der Waals surface area contributed by atoms with E-state index in [-0.39, 0.29) is 29.4 Å². The van der Waals surface area contributed by atoms with Gasteiger partial charge in [0, 0.05) is 18.3 Å². The molecule has 2 aromatic carbocycles. The van der Waals surface area contributed by atoms with E-state index in [4.69, 9.17) is 9.72 Å². The molecule has 0 radical (unpaired) electrons. The van der Waals surface area contributed by atoms with Crippen LogP contribution < -0.4 is 10.5 Å². The summed E-state index contributed by atoms with van der Waals surface area (Å²) in [4.78, 5) is 32.8. The van der Waals surface area contributed by atoms with Crippen LogP contribution in [0.5, 0.6) is 0 Å². The van der Waals surface area contributed by atoms with Crippen LogP contribution >= 0.6 is 11.8 Å². The standard InChI is InChI=1S/C24H27N3O3S/c1-17(2)27(18-9-4-3-5-10-18)22(28)16-31-24-25-21-13-7-6-12-20(21)23(29)26(24)15-19-11-8-14-30-19/h3-7,9-10,12-13,17,19H,8,11,14-16H2,1-2H3. The Morgan fingerprint density at radius 1 is 1.19 bits per heavy atom. The molecular formula is C24H27N3O3S. The zero-order valence-corrected chi connectivity index (χ0v) is 18.7. The van der Waals surface area contributed by atoms with Gasteiger partial charge in [-0.15, -0.1) is 0 Å². The van der Waals surface area contributed by atoms with Crippen LogP contribution in [0.3, 0.4) is 0 Å². The van der Waals surface area contributed by atoms with E-state index >= 15 is 0 Å². The summed E-state index contributed by atoms with van der Waals surface area (Å²) >= 11 is 1.31. The molecule has 3 aromatic rings. The van der Waals surface area contributed by atoms with Crippen molar-refractivity contribution >= 4 is 34.3 Å². The molecular weight excluding hydrogens is 410 g/mol. The Kier molecular flexibility index (Phi) is 6.73. The highest BCUT2D eigenvalue weighted by atomic mass is 32.2. The van der Waals surface area contributed by atoms with Crippen molar-refractivity contribution in [3.63, 3.8) is 0 Å². The van der Waals surface area contributed by atoms with Crippen molar-refractivity contribution in [1.29, 1.82) is 0 Å². The molecule has 1 fully saturated rings. The van der Waals surface area contributed by atoms with Gasteiger partial charge < -0.3 is 9.64 Å². The number of carbonyl (C=O) groups excluding carboxylic acids is 1. The first-order chi connectivity index (χ1) is 15.0. The lowest BCUT2D eigenvalue weighted by Gasteiger charge is -2.27. The van der Waals surface area contributed by atoms with Crippen LogP contribution in [-0.4, -0.2) is 40.0 Å². The highest BCUT2D eigenvalue weighted by Gasteiger charge is 2.23. The Hall–Kier alpha value is -2.64. The summed E-state index contributed by atoms with van der Waals surface area (Å²) in [7, 11) is 0. The van der Waals surface area contributed by atoms with E-state index in [0.717, 1.165) is 25.1 Å². The van der Waals surface area contributed by atoms with Crippen LogP contribution in [0.4, 0.5) is 5.69 Å². The van der Waals surface area contributed by atoms with Gasteiger partial charge in [0.25, 0.3) is 5.56 Å². The fraction of sp³-hybridized carbons (Fsp3) is 0.375. The molecule has 1 saturated heterocycles. The van der Waals surface area contributed by atoms with Crippen LogP contribution in [0.1, 0.15) is 26.7 Å². The SMILES string of the molecule is CC(C)N(C(=O)CSc1nc2ccccc2c(=O)n1CC1CCCO1)c1ccccc1. The lowest BCUT2D eigenvalue weighted by Crippen LogP contribution is -2.38. The van der Waals surface area contributed by atoms with Crippen molar-refractivity contribution in [1.82, 2.24) is 9.55 Å². The molecule has 7 heteroatoms. The largest absolute Gasteiger partial charge is 0.376 e. The van der Waals surface area contributed by atoms with Crippen molar-refractivity contribution in [2.45, 2.75) is 50.5 Å².